The number of anilines is 1. The van der Waals surface area contributed by atoms with E-state index in [1.54, 1.807) is 18.9 Å². The third-order valence-corrected chi connectivity index (χ3v) is 5.18. The Kier molecular flexibility index (Phi) is 6.85. The average molecular weight is 384 g/mol. The predicted octanol–water partition coefficient (Wildman–Crippen LogP) is 4.31. The maximum absolute atomic E-state index is 12.4. The molecule has 0 fully saturated rings. The molecule has 0 atom stereocenters. The van der Waals surface area contributed by atoms with E-state index in [1.807, 2.05) is 24.3 Å². The Bertz CT molecular complexity index is 810. The van der Waals surface area contributed by atoms with Crippen LogP contribution in [0.2, 0.25) is 0 Å². The molecule has 1 aromatic carbocycles. The number of nitrogens with zero attached hydrogens (tertiary/aromatic N) is 2. The maximum Gasteiger partial charge on any atom is 0.305 e. The van der Waals surface area contributed by atoms with Gasteiger partial charge in [0.05, 0.1) is 12.3 Å². The van der Waals surface area contributed by atoms with Gasteiger partial charge in [-0.3, -0.25) is 9.59 Å². The summed E-state index contributed by atoms with van der Waals surface area (Å²) in [7, 11) is 1.79. The number of carbonyl (C=O) groups excluding carboxylic acids is 2. The van der Waals surface area contributed by atoms with E-state index in [0.29, 0.717) is 19.4 Å². The van der Waals surface area contributed by atoms with Gasteiger partial charge in [0.15, 0.2) is 5.76 Å². The minimum absolute atomic E-state index is 0.0736. The Morgan fingerprint density at radius 3 is 2.61 bits per heavy atom. The van der Waals surface area contributed by atoms with E-state index in [2.05, 4.69) is 5.16 Å². The van der Waals surface area contributed by atoms with Gasteiger partial charge in [0, 0.05) is 36.7 Å². The first-order chi connectivity index (χ1) is 13.6. The van der Waals surface area contributed by atoms with Gasteiger partial charge in [-0.2, -0.15) is 0 Å². The molecule has 1 amide bonds. The van der Waals surface area contributed by atoms with Gasteiger partial charge >= 0.3 is 5.97 Å². The maximum atomic E-state index is 12.4. The number of ether oxygens (including phenoxy) is 1. The Balaban J connectivity index is 1.48. The highest BCUT2D eigenvalue weighted by atomic mass is 16.5. The topological polar surface area (TPSA) is 72.6 Å². The molecule has 28 heavy (non-hydrogen) atoms. The van der Waals surface area contributed by atoms with Gasteiger partial charge in [-0.15, -0.1) is 0 Å². The standard InChI is InChI=1S/C22H28N2O4/c1-3-27-21(26)11-6-4-5-10-20(25)24(2)17-14-12-16(13-15-17)22-18-8-7-9-19(18)23-28-22/h12-15H,3-11H2,1-2H3. The normalized spacial score (nSPS) is 12.6. The molecule has 2 aromatic rings. The molecule has 6 heteroatoms. The van der Waals surface area contributed by atoms with Crippen molar-refractivity contribution in [1.29, 1.82) is 0 Å². The number of hydrogen-bond donors (Lipinski definition) is 0. The molecule has 1 aromatic heterocycles. The largest absolute Gasteiger partial charge is 0.466 e. The van der Waals surface area contributed by atoms with Crippen LogP contribution in [0.1, 0.15) is 56.7 Å². The van der Waals surface area contributed by atoms with E-state index in [1.165, 1.54) is 5.56 Å². The highest BCUT2D eigenvalue weighted by Gasteiger charge is 2.22. The fourth-order valence-electron chi connectivity index (χ4n) is 3.56. The monoisotopic (exact) mass is 384 g/mol. The van der Waals surface area contributed by atoms with Crippen LogP contribution in [-0.2, 0) is 27.2 Å². The minimum Gasteiger partial charge on any atom is -0.466 e. The quantitative estimate of drug-likeness (QED) is 0.476. The molecule has 0 radical (unpaired) electrons. The van der Waals surface area contributed by atoms with Crippen molar-refractivity contribution in [3.8, 4) is 11.3 Å². The van der Waals surface area contributed by atoms with Crippen LogP contribution >= 0.6 is 0 Å². The van der Waals surface area contributed by atoms with Crippen LogP contribution in [-0.4, -0.2) is 30.7 Å². The van der Waals surface area contributed by atoms with E-state index < -0.39 is 0 Å². The van der Waals surface area contributed by atoms with Crippen LogP contribution in [0.5, 0.6) is 0 Å². The van der Waals surface area contributed by atoms with Crippen molar-refractivity contribution in [2.45, 2.75) is 58.3 Å². The van der Waals surface area contributed by atoms with Gasteiger partial charge in [-0.25, -0.2) is 0 Å². The minimum atomic E-state index is -0.163. The number of amides is 1. The first kappa shape index (κ1) is 20.1. The number of esters is 1. The van der Waals surface area contributed by atoms with Crippen molar-refractivity contribution in [1.82, 2.24) is 5.16 Å². The molecule has 3 rings (SSSR count). The first-order valence-corrected chi connectivity index (χ1v) is 10.1. The summed E-state index contributed by atoms with van der Waals surface area (Å²) < 4.78 is 10.4. The van der Waals surface area contributed by atoms with E-state index in [-0.39, 0.29) is 11.9 Å². The van der Waals surface area contributed by atoms with E-state index in [9.17, 15) is 9.59 Å². The molecule has 1 aliphatic rings. The Labute approximate surface area is 165 Å². The third-order valence-electron chi connectivity index (χ3n) is 5.18. The molecule has 1 aliphatic carbocycles. The van der Waals surface area contributed by atoms with Crippen LogP contribution in [0.15, 0.2) is 28.8 Å². The molecule has 0 saturated carbocycles. The van der Waals surface area contributed by atoms with Crippen LogP contribution in [0.3, 0.4) is 0 Å². The highest BCUT2D eigenvalue weighted by Crippen LogP contribution is 2.33. The van der Waals surface area contributed by atoms with E-state index >= 15 is 0 Å². The number of hydrogen-bond acceptors (Lipinski definition) is 5. The summed E-state index contributed by atoms with van der Waals surface area (Å²) >= 11 is 0. The summed E-state index contributed by atoms with van der Waals surface area (Å²) in [5.41, 5.74) is 4.16. The molecule has 0 bridgehead atoms. The average Bonchev–Trinajstić information content (AvgIpc) is 3.31. The van der Waals surface area contributed by atoms with Crippen LogP contribution < -0.4 is 4.90 Å². The summed E-state index contributed by atoms with van der Waals surface area (Å²) in [6.45, 7) is 2.22. The van der Waals surface area contributed by atoms with Crippen molar-refractivity contribution in [2.24, 2.45) is 0 Å². The lowest BCUT2D eigenvalue weighted by Crippen LogP contribution is -2.25. The summed E-state index contributed by atoms with van der Waals surface area (Å²) in [4.78, 5) is 25.4. The summed E-state index contributed by atoms with van der Waals surface area (Å²) in [5, 5.41) is 4.16. The number of unbranched alkanes of at least 4 members (excludes halogenated alkanes) is 2. The third kappa shape index (κ3) is 4.80. The van der Waals surface area contributed by atoms with Crippen LogP contribution in [0.4, 0.5) is 5.69 Å². The number of aryl methyl sites for hydroxylation is 1. The lowest BCUT2D eigenvalue weighted by atomic mass is 10.1. The summed E-state index contributed by atoms with van der Waals surface area (Å²) in [6.07, 6.45) is 6.40. The first-order valence-electron chi connectivity index (χ1n) is 10.1. The Morgan fingerprint density at radius 2 is 1.86 bits per heavy atom. The van der Waals surface area contributed by atoms with Gasteiger partial charge in [0.2, 0.25) is 5.91 Å². The van der Waals surface area contributed by atoms with Crippen molar-refractivity contribution in [3.05, 3.63) is 35.5 Å². The summed E-state index contributed by atoms with van der Waals surface area (Å²) in [6, 6.07) is 7.85. The van der Waals surface area contributed by atoms with Crippen molar-refractivity contribution in [2.75, 3.05) is 18.6 Å². The predicted molar refractivity (Wildman–Crippen MR) is 107 cm³/mol. The smallest absolute Gasteiger partial charge is 0.305 e. The Hall–Kier alpha value is -2.63. The molecule has 0 unspecified atom stereocenters. The van der Waals surface area contributed by atoms with E-state index in [0.717, 1.165) is 61.2 Å². The highest BCUT2D eigenvalue weighted by molar-refractivity contribution is 5.93. The van der Waals surface area contributed by atoms with Gasteiger partial charge in [0.1, 0.15) is 0 Å². The zero-order valence-corrected chi connectivity index (χ0v) is 16.7. The number of benzene rings is 1. The van der Waals surface area contributed by atoms with Crippen molar-refractivity contribution < 1.29 is 18.8 Å². The van der Waals surface area contributed by atoms with Gasteiger partial charge in [-0.05, 0) is 63.3 Å². The SMILES string of the molecule is CCOC(=O)CCCCCC(=O)N(C)c1ccc(-c2onc3c2CCC3)cc1. The lowest BCUT2D eigenvalue weighted by molar-refractivity contribution is -0.143. The Morgan fingerprint density at radius 1 is 1.11 bits per heavy atom. The fourth-order valence-corrected chi connectivity index (χ4v) is 3.56. The number of carbonyl (C=O) groups is 2. The number of aromatic nitrogens is 1. The summed E-state index contributed by atoms with van der Waals surface area (Å²) in [5.74, 6) is 0.766. The molecule has 6 nitrogen and oxygen atoms in total. The molecule has 0 N–H and O–H groups in total. The zero-order valence-electron chi connectivity index (χ0n) is 16.7. The second-order valence-corrected chi connectivity index (χ2v) is 7.16. The zero-order chi connectivity index (χ0) is 19.9. The number of fused-ring (bicyclic) bond motifs is 1. The van der Waals surface area contributed by atoms with Gasteiger partial charge < -0.3 is 14.2 Å². The van der Waals surface area contributed by atoms with Gasteiger partial charge in [0.25, 0.3) is 0 Å². The molecule has 150 valence electrons. The molecule has 1 heterocycles. The van der Waals surface area contributed by atoms with Crippen molar-refractivity contribution in [3.63, 3.8) is 0 Å². The second kappa shape index (κ2) is 9.53. The molecular formula is C22H28N2O4. The lowest BCUT2D eigenvalue weighted by Gasteiger charge is -2.17. The molecular weight excluding hydrogens is 356 g/mol. The number of rotatable bonds is 9. The molecule has 0 spiro atoms. The van der Waals surface area contributed by atoms with Crippen LogP contribution in [0, 0.1) is 0 Å². The second-order valence-electron chi connectivity index (χ2n) is 7.16. The van der Waals surface area contributed by atoms with Crippen molar-refractivity contribution >= 4 is 17.6 Å². The fraction of sp³-hybridized carbons (Fsp3) is 0.500. The molecule has 0 aliphatic heterocycles. The van der Waals surface area contributed by atoms with Gasteiger partial charge in [-0.1, -0.05) is 11.6 Å². The van der Waals surface area contributed by atoms with Crippen LogP contribution in [0.25, 0.3) is 11.3 Å². The molecule has 0 saturated heterocycles. The van der Waals surface area contributed by atoms with E-state index in [4.69, 9.17) is 9.26 Å².